The zero-order chi connectivity index (χ0) is 20.0. The first kappa shape index (κ1) is 20.7. The van der Waals surface area contributed by atoms with Crippen molar-refractivity contribution in [3.05, 3.63) is 52.1 Å². The molecular formula is C18H16Cl2N2O5. The minimum atomic E-state index is -1.09. The number of rotatable bonds is 7. The highest BCUT2D eigenvalue weighted by atomic mass is 35.5. The number of Topliss-reactive ketones (excluding diaryl/α,β-unsaturated/α-hetero) is 1. The predicted octanol–water partition coefficient (Wildman–Crippen LogP) is 3.54. The molecule has 1 aromatic carbocycles. The minimum Gasteiger partial charge on any atom is -0.482 e. The molecule has 0 aliphatic rings. The van der Waals surface area contributed by atoms with Gasteiger partial charge in [-0.2, -0.15) is 0 Å². The molecule has 0 aliphatic heterocycles. The maximum atomic E-state index is 12.1. The first-order valence-corrected chi connectivity index (χ1v) is 8.57. The number of anilines is 1. The van der Waals surface area contributed by atoms with Crippen molar-refractivity contribution in [2.24, 2.45) is 0 Å². The van der Waals surface area contributed by atoms with E-state index < -0.39 is 24.6 Å². The van der Waals surface area contributed by atoms with E-state index >= 15 is 0 Å². The van der Waals surface area contributed by atoms with Crippen LogP contribution >= 0.6 is 23.2 Å². The van der Waals surface area contributed by atoms with Gasteiger partial charge in [0.2, 0.25) is 0 Å². The molecule has 0 radical (unpaired) electrons. The van der Waals surface area contributed by atoms with Crippen LogP contribution in [0.5, 0.6) is 5.75 Å². The molecule has 9 heteroatoms. The molecule has 0 aliphatic carbocycles. The van der Waals surface area contributed by atoms with Crippen LogP contribution in [0, 0.1) is 0 Å². The van der Waals surface area contributed by atoms with Crippen LogP contribution in [-0.4, -0.2) is 35.4 Å². The van der Waals surface area contributed by atoms with Gasteiger partial charge in [-0.3, -0.25) is 9.59 Å². The number of carbonyl (C=O) groups is 3. The number of nitrogens with one attached hydrogen (secondary N) is 1. The largest absolute Gasteiger partial charge is 0.482 e. The number of carbonyl (C=O) groups excluding carboxylic acids is 3. The summed E-state index contributed by atoms with van der Waals surface area (Å²) in [5, 5.41) is 2.93. The highest BCUT2D eigenvalue weighted by Gasteiger charge is 2.19. The van der Waals surface area contributed by atoms with Crippen LogP contribution in [-0.2, 0) is 14.3 Å². The lowest BCUT2D eigenvalue weighted by Gasteiger charge is -2.14. The molecule has 1 aromatic heterocycles. The molecule has 7 nitrogen and oxygen atoms in total. The second-order valence-electron chi connectivity index (χ2n) is 5.47. The summed E-state index contributed by atoms with van der Waals surface area (Å²) in [7, 11) is 0. The number of halogens is 2. The summed E-state index contributed by atoms with van der Waals surface area (Å²) >= 11 is 11.7. The van der Waals surface area contributed by atoms with E-state index in [2.05, 4.69) is 10.3 Å². The van der Waals surface area contributed by atoms with E-state index in [1.807, 2.05) is 0 Å². The van der Waals surface area contributed by atoms with Gasteiger partial charge in [0.1, 0.15) is 5.75 Å². The third-order valence-corrected chi connectivity index (χ3v) is 3.84. The summed E-state index contributed by atoms with van der Waals surface area (Å²) in [5.74, 6) is -0.910. The van der Waals surface area contributed by atoms with Crippen LogP contribution in [0.15, 0.2) is 36.5 Å². The number of hydrogen-bond acceptors (Lipinski definition) is 6. The smallest absolute Gasteiger partial charge is 0.344 e. The summed E-state index contributed by atoms with van der Waals surface area (Å²) in [4.78, 5) is 39.0. The molecule has 0 saturated heterocycles. The number of hydrogen-bond donors (Lipinski definition) is 1. The first-order chi connectivity index (χ1) is 12.8. The van der Waals surface area contributed by atoms with Crippen LogP contribution in [0.1, 0.15) is 24.2 Å². The molecule has 0 bridgehead atoms. The van der Waals surface area contributed by atoms with Crippen molar-refractivity contribution in [1.82, 2.24) is 4.98 Å². The Labute approximate surface area is 165 Å². The molecule has 1 heterocycles. The minimum absolute atomic E-state index is 0.0731. The Balaban J connectivity index is 1.83. The number of amides is 1. The summed E-state index contributed by atoms with van der Waals surface area (Å²) < 4.78 is 10.3. The van der Waals surface area contributed by atoms with Crippen molar-refractivity contribution in [3.8, 4) is 5.75 Å². The van der Waals surface area contributed by atoms with Gasteiger partial charge >= 0.3 is 5.97 Å². The average molecular weight is 411 g/mol. The molecule has 1 atom stereocenters. The van der Waals surface area contributed by atoms with E-state index in [0.29, 0.717) is 16.3 Å². The second kappa shape index (κ2) is 9.34. The molecule has 0 unspecified atom stereocenters. The van der Waals surface area contributed by atoms with Gasteiger partial charge in [-0.25, -0.2) is 9.78 Å². The van der Waals surface area contributed by atoms with Gasteiger partial charge in [-0.1, -0.05) is 23.2 Å². The molecule has 1 amide bonds. The van der Waals surface area contributed by atoms with Crippen molar-refractivity contribution in [2.75, 3.05) is 11.9 Å². The predicted molar refractivity (Wildman–Crippen MR) is 100 cm³/mol. The monoisotopic (exact) mass is 410 g/mol. The molecule has 0 saturated carbocycles. The Morgan fingerprint density at radius 2 is 1.85 bits per heavy atom. The summed E-state index contributed by atoms with van der Waals surface area (Å²) in [6.45, 7) is 2.46. The fourth-order valence-electron chi connectivity index (χ4n) is 1.94. The SMILES string of the molecule is CC(=O)c1ccc(OCC(=O)O[C@@H](C)C(=O)Nc2ncc(Cl)cc2Cl)cc1. The Hall–Kier alpha value is -2.64. The van der Waals surface area contributed by atoms with Crippen LogP contribution in [0.4, 0.5) is 5.82 Å². The lowest BCUT2D eigenvalue weighted by Crippen LogP contribution is -2.32. The fraction of sp³-hybridized carbons (Fsp3) is 0.222. The molecule has 0 fully saturated rings. The summed E-state index contributed by atoms with van der Waals surface area (Å²) in [5.41, 5.74) is 0.532. The van der Waals surface area contributed by atoms with Crippen molar-refractivity contribution in [2.45, 2.75) is 20.0 Å². The normalized spacial score (nSPS) is 11.4. The van der Waals surface area contributed by atoms with Crippen LogP contribution in [0.3, 0.4) is 0 Å². The highest BCUT2D eigenvalue weighted by Crippen LogP contribution is 2.22. The molecule has 142 valence electrons. The number of ketones is 1. The quantitative estimate of drug-likeness (QED) is 0.553. The maximum absolute atomic E-state index is 12.1. The van der Waals surface area contributed by atoms with Crippen LogP contribution < -0.4 is 10.1 Å². The van der Waals surface area contributed by atoms with E-state index in [0.717, 1.165) is 0 Å². The van der Waals surface area contributed by atoms with Crippen molar-refractivity contribution < 1.29 is 23.9 Å². The molecule has 2 rings (SSSR count). The van der Waals surface area contributed by atoms with Crippen LogP contribution in [0.2, 0.25) is 10.0 Å². The van der Waals surface area contributed by atoms with Crippen LogP contribution in [0.25, 0.3) is 0 Å². The molecule has 27 heavy (non-hydrogen) atoms. The molecule has 2 aromatic rings. The zero-order valence-corrected chi connectivity index (χ0v) is 16.0. The van der Waals surface area contributed by atoms with Crippen molar-refractivity contribution in [3.63, 3.8) is 0 Å². The van der Waals surface area contributed by atoms with Crippen molar-refractivity contribution >= 4 is 46.7 Å². The summed E-state index contributed by atoms with van der Waals surface area (Å²) in [6, 6.07) is 7.72. The van der Waals surface area contributed by atoms with E-state index in [9.17, 15) is 14.4 Å². The third-order valence-electron chi connectivity index (χ3n) is 3.34. The Morgan fingerprint density at radius 1 is 1.19 bits per heavy atom. The molecule has 1 N–H and O–H groups in total. The topological polar surface area (TPSA) is 94.6 Å². The summed E-state index contributed by atoms with van der Waals surface area (Å²) in [6.07, 6.45) is 0.236. The molecular weight excluding hydrogens is 395 g/mol. The van der Waals surface area contributed by atoms with E-state index in [-0.39, 0.29) is 16.6 Å². The second-order valence-corrected chi connectivity index (χ2v) is 6.32. The van der Waals surface area contributed by atoms with Crippen molar-refractivity contribution in [1.29, 1.82) is 0 Å². The number of benzene rings is 1. The number of esters is 1. The number of ether oxygens (including phenoxy) is 2. The van der Waals surface area contributed by atoms with E-state index in [1.165, 1.54) is 26.1 Å². The number of aromatic nitrogens is 1. The first-order valence-electron chi connectivity index (χ1n) is 7.81. The maximum Gasteiger partial charge on any atom is 0.344 e. The van der Waals surface area contributed by atoms with E-state index in [1.54, 1.807) is 24.3 Å². The van der Waals surface area contributed by atoms with Gasteiger partial charge in [0.25, 0.3) is 5.91 Å². The third kappa shape index (κ3) is 6.23. The standard InChI is InChI=1S/C18H16Cl2N2O5/c1-10(23)12-3-5-14(6-4-12)26-9-16(24)27-11(2)18(25)22-17-15(20)7-13(19)8-21-17/h3-8,11H,9H2,1-2H3,(H,21,22,25)/t11-/m0/s1. The van der Waals surface area contributed by atoms with Gasteiger partial charge < -0.3 is 14.8 Å². The average Bonchev–Trinajstić information content (AvgIpc) is 2.62. The fourth-order valence-corrected chi connectivity index (χ4v) is 2.37. The van der Waals surface area contributed by atoms with Gasteiger partial charge in [0, 0.05) is 11.8 Å². The zero-order valence-electron chi connectivity index (χ0n) is 14.5. The highest BCUT2D eigenvalue weighted by molar-refractivity contribution is 6.36. The van der Waals surface area contributed by atoms with E-state index in [4.69, 9.17) is 32.7 Å². The number of pyridine rings is 1. The molecule has 0 spiro atoms. The lowest BCUT2D eigenvalue weighted by atomic mass is 10.1. The van der Waals surface area contributed by atoms with Gasteiger partial charge in [0.05, 0.1) is 10.0 Å². The van der Waals surface area contributed by atoms with Gasteiger partial charge in [0.15, 0.2) is 24.3 Å². The van der Waals surface area contributed by atoms with Gasteiger partial charge in [-0.05, 0) is 44.2 Å². The Kier molecular flexibility index (Phi) is 7.15. The van der Waals surface area contributed by atoms with Gasteiger partial charge in [-0.15, -0.1) is 0 Å². The number of nitrogens with zero attached hydrogens (tertiary/aromatic N) is 1. The Bertz CT molecular complexity index is 855. The lowest BCUT2D eigenvalue weighted by molar-refractivity contribution is -0.155. The Morgan fingerprint density at radius 3 is 2.44 bits per heavy atom.